The third-order valence-electron chi connectivity index (χ3n) is 3.81. The van der Waals surface area contributed by atoms with E-state index in [1.165, 1.54) is 12.8 Å². The fourth-order valence-corrected chi connectivity index (χ4v) is 2.70. The molecule has 2 aromatic rings. The van der Waals surface area contributed by atoms with Gasteiger partial charge in [-0.1, -0.05) is 0 Å². The van der Waals surface area contributed by atoms with Gasteiger partial charge in [0.15, 0.2) is 0 Å². The van der Waals surface area contributed by atoms with Crippen LogP contribution in [0.4, 0.5) is 0 Å². The van der Waals surface area contributed by atoms with Crippen molar-refractivity contribution in [2.75, 3.05) is 13.1 Å². The molecule has 1 aliphatic rings. The van der Waals surface area contributed by atoms with Crippen LogP contribution in [0.3, 0.4) is 0 Å². The van der Waals surface area contributed by atoms with Gasteiger partial charge in [-0.2, -0.15) is 5.10 Å². The summed E-state index contributed by atoms with van der Waals surface area (Å²) in [6.07, 6.45) is 9.89. The minimum atomic E-state index is 0.361. The molecule has 5 nitrogen and oxygen atoms in total. The Labute approximate surface area is 119 Å². The standard InChI is InChI=1S/C15H21N5/c1-11(2)20-10-13(9-19-20)15-14(17-6-7-18-15)12-4-3-5-16-8-12/h6-7,9-12,16H,3-5,8H2,1-2H3/t12-/m0/s1. The van der Waals surface area contributed by atoms with Crippen LogP contribution in [0.5, 0.6) is 0 Å². The predicted octanol–water partition coefficient (Wildman–Crippen LogP) is 2.39. The molecule has 0 aliphatic carbocycles. The summed E-state index contributed by atoms with van der Waals surface area (Å²) in [7, 11) is 0. The fourth-order valence-electron chi connectivity index (χ4n) is 2.70. The maximum absolute atomic E-state index is 4.59. The number of hydrogen-bond acceptors (Lipinski definition) is 4. The molecule has 106 valence electrons. The van der Waals surface area contributed by atoms with E-state index in [1.807, 2.05) is 10.9 Å². The first-order valence-corrected chi connectivity index (χ1v) is 7.32. The van der Waals surface area contributed by atoms with Crippen molar-refractivity contribution in [2.24, 2.45) is 0 Å². The predicted molar refractivity (Wildman–Crippen MR) is 78.5 cm³/mol. The van der Waals surface area contributed by atoms with Gasteiger partial charge >= 0.3 is 0 Å². The van der Waals surface area contributed by atoms with Crippen LogP contribution in [0.1, 0.15) is 44.3 Å². The van der Waals surface area contributed by atoms with Gasteiger partial charge in [-0.25, -0.2) is 0 Å². The van der Waals surface area contributed by atoms with E-state index >= 15 is 0 Å². The molecular weight excluding hydrogens is 250 g/mol. The van der Waals surface area contributed by atoms with Crippen LogP contribution >= 0.6 is 0 Å². The van der Waals surface area contributed by atoms with Gasteiger partial charge < -0.3 is 5.32 Å². The molecule has 1 atom stereocenters. The Balaban J connectivity index is 1.95. The summed E-state index contributed by atoms with van der Waals surface area (Å²) in [6, 6.07) is 0.361. The Morgan fingerprint density at radius 3 is 2.85 bits per heavy atom. The van der Waals surface area contributed by atoms with Crippen molar-refractivity contribution < 1.29 is 0 Å². The molecule has 3 rings (SSSR count). The van der Waals surface area contributed by atoms with Crippen molar-refractivity contribution in [3.8, 4) is 11.3 Å². The monoisotopic (exact) mass is 271 g/mol. The van der Waals surface area contributed by atoms with E-state index in [-0.39, 0.29) is 0 Å². The van der Waals surface area contributed by atoms with Crippen molar-refractivity contribution in [3.63, 3.8) is 0 Å². The van der Waals surface area contributed by atoms with Crippen LogP contribution in [0.25, 0.3) is 11.3 Å². The lowest BCUT2D eigenvalue weighted by molar-refractivity contribution is 0.454. The SMILES string of the molecule is CC(C)n1cc(-c2nccnc2[C@H]2CCCNC2)cn1. The molecule has 0 unspecified atom stereocenters. The van der Waals surface area contributed by atoms with E-state index in [9.17, 15) is 0 Å². The van der Waals surface area contributed by atoms with E-state index < -0.39 is 0 Å². The lowest BCUT2D eigenvalue weighted by Gasteiger charge is -2.23. The average Bonchev–Trinajstić information content (AvgIpc) is 2.98. The largest absolute Gasteiger partial charge is 0.316 e. The molecule has 0 bridgehead atoms. The van der Waals surface area contributed by atoms with Gasteiger partial charge in [-0.15, -0.1) is 0 Å². The van der Waals surface area contributed by atoms with Crippen LogP contribution in [-0.4, -0.2) is 32.8 Å². The number of nitrogens with one attached hydrogen (secondary N) is 1. The summed E-state index contributed by atoms with van der Waals surface area (Å²) in [6.45, 7) is 6.35. The highest BCUT2D eigenvalue weighted by molar-refractivity contribution is 5.60. The van der Waals surface area contributed by atoms with E-state index in [1.54, 1.807) is 12.4 Å². The van der Waals surface area contributed by atoms with Gasteiger partial charge in [-0.05, 0) is 33.2 Å². The summed E-state index contributed by atoms with van der Waals surface area (Å²) in [5, 5.41) is 7.86. The van der Waals surface area contributed by atoms with Gasteiger partial charge in [0.2, 0.25) is 0 Å². The molecular formula is C15H21N5. The zero-order valence-electron chi connectivity index (χ0n) is 12.1. The third kappa shape index (κ3) is 2.58. The fraction of sp³-hybridized carbons (Fsp3) is 0.533. The molecule has 5 heteroatoms. The molecule has 0 aromatic carbocycles. The molecule has 1 fully saturated rings. The molecule has 20 heavy (non-hydrogen) atoms. The topological polar surface area (TPSA) is 55.6 Å². The first kappa shape index (κ1) is 13.2. The Morgan fingerprint density at radius 1 is 1.30 bits per heavy atom. The molecule has 0 saturated carbocycles. The average molecular weight is 271 g/mol. The highest BCUT2D eigenvalue weighted by atomic mass is 15.3. The van der Waals surface area contributed by atoms with Crippen LogP contribution in [0.2, 0.25) is 0 Å². The number of nitrogens with zero attached hydrogens (tertiary/aromatic N) is 4. The zero-order chi connectivity index (χ0) is 13.9. The summed E-state index contributed by atoms with van der Waals surface area (Å²) >= 11 is 0. The lowest BCUT2D eigenvalue weighted by Crippen LogP contribution is -2.29. The number of rotatable bonds is 3. The first-order valence-electron chi connectivity index (χ1n) is 7.32. The van der Waals surface area contributed by atoms with Crippen molar-refractivity contribution in [2.45, 2.75) is 38.6 Å². The Bertz CT molecular complexity index is 569. The summed E-state index contributed by atoms with van der Waals surface area (Å²) < 4.78 is 1.97. The molecule has 1 N–H and O–H groups in total. The summed E-state index contributed by atoms with van der Waals surface area (Å²) in [5.41, 5.74) is 3.14. The van der Waals surface area contributed by atoms with E-state index in [0.717, 1.165) is 30.0 Å². The second kappa shape index (κ2) is 5.71. The van der Waals surface area contributed by atoms with Crippen LogP contribution in [0, 0.1) is 0 Å². The molecule has 0 spiro atoms. The molecule has 3 heterocycles. The first-order chi connectivity index (χ1) is 9.75. The van der Waals surface area contributed by atoms with Crippen LogP contribution in [-0.2, 0) is 0 Å². The van der Waals surface area contributed by atoms with Crippen molar-refractivity contribution in [1.82, 2.24) is 25.1 Å². The Kier molecular flexibility index (Phi) is 3.78. The van der Waals surface area contributed by atoms with Crippen molar-refractivity contribution in [1.29, 1.82) is 0 Å². The van der Waals surface area contributed by atoms with Crippen molar-refractivity contribution >= 4 is 0 Å². The molecule has 1 aliphatic heterocycles. The summed E-state index contributed by atoms with van der Waals surface area (Å²) in [4.78, 5) is 9.15. The number of aromatic nitrogens is 4. The second-order valence-corrected chi connectivity index (χ2v) is 5.64. The number of piperidine rings is 1. The van der Waals surface area contributed by atoms with Gasteiger partial charge in [0.1, 0.15) is 0 Å². The van der Waals surface area contributed by atoms with E-state index in [0.29, 0.717) is 12.0 Å². The quantitative estimate of drug-likeness (QED) is 0.931. The minimum absolute atomic E-state index is 0.361. The number of hydrogen-bond donors (Lipinski definition) is 1. The van der Waals surface area contributed by atoms with Gasteiger partial charge in [0.25, 0.3) is 0 Å². The maximum Gasteiger partial charge on any atom is 0.0952 e. The normalized spacial score (nSPS) is 19.4. The Morgan fingerprint density at radius 2 is 2.15 bits per heavy atom. The van der Waals surface area contributed by atoms with Gasteiger partial charge in [0.05, 0.1) is 17.6 Å². The maximum atomic E-state index is 4.59. The highest BCUT2D eigenvalue weighted by Gasteiger charge is 2.21. The third-order valence-corrected chi connectivity index (χ3v) is 3.81. The zero-order valence-corrected chi connectivity index (χ0v) is 12.1. The molecule has 0 radical (unpaired) electrons. The van der Waals surface area contributed by atoms with Crippen LogP contribution < -0.4 is 5.32 Å². The van der Waals surface area contributed by atoms with Crippen molar-refractivity contribution in [3.05, 3.63) is 30.5 Å². The smallest absolute Gasteiger partial charge is 0.0952 e. The highest BCUT2D eigenvalue weighted by Crippen LogP contribution is 2.29. The van der Waals surface area contributed by atoms with Gasteiger partial charge in [0, 0.05) is 42.7 Å². The van der Waals surface area contributed by atoms with Gasteiger partial charge in [-0.3, -0.25) is 14.6 Å². The summed E-state index contributed by atoms with van der Waals surface area (Å²) in [5.74, 6) is 0.454. The minimum Gasteiger partial charge on any atom is -0.316 e. The molecule has 0 amide bonds. The second-order valence-electron chi connectivity index (χ2n) is 5.64. The molecule has 1 saturated heterocycles. The van der Waals surface area contributed by atoms with Crippen LogP contribution in [0.15, 0.2) is 24.8 Å². The lowest BCUT2D eigenvalue weighted by atomic mass is 9.93. The van der Waals surface area contributed by atoms with E-state index in [4.69, 9.17) is 0 Å². The van der Waals surface area contributed by atoms with E-state index in [2.05, 4.69) is 40.4 Å². The molecule has 2 aromatic heterocycles. The Hall–Kier alpha value is -1.75.